The number of hydrogen-bond donors (Lipinski definition) is 0. The van der Waals surface area contributed by atoms with Gasteiger partial charge in [0.1, 0.15) is 5.75 Å². The molecular formula is C21H29NO3. The van der Waals surface area contributed by atoms with Gasteiger partial charge in [0, 0.05) is 20.7 Å². The van der Waals surface area contributed by atoms with E-state index in [1.807, 2.05) is 24.0 Å². The molecule has 2 bridgehead atoms. The number of amides is 1. The van der Waals surface area contributed by atoms with Crippen LogP contribution in [-0.4, -0.2) is 36.7 Å². The predicted octanol–water partition coefficient (Wildman–Crippen LogP) is 4.30. The molecule has 0 unspecified atom stereocenters. The molecule has 1 aromatic rings. The Morgan fingerprint density at radius 3 is 3.20 bits per heavy atom. The number of rotatable bonds is 3. The second-order valence-corrected chi connectivity index (χ2v) is 7.46. The van der Waals surface area contributed by atoms with Gasteiger partial charge in [-0.1, -0.05) is 18.9 Å². The Morgan fingerprint density at radius 2 is 2.36 bits per heavy atom. The second kappa shape index (κ2) is 6.54. The fourth-order valence-corrected chi connectivity index (χ4v) is 5.55. The molecule has 136 valence electrons. The van der Waals surface area contributed by atoms with E-state index in [1.54, 1.807) is 6.07 Å². The maximum absolute atomic E-state index is 12.6. The Balaban J connectivity index is 1.71. The van der Waals surface area contributed by atoms with E-state index in [1.165, 1.54) is 11.1 Å². The Kier molecular flexibility index (Phi) is 3.30. The summed E-state index contributed by atoms with van der Waals surface area (Å²) in [5, 5.41) is 0. The first kappa shape index (κ1) is 12.6. The summed E-state index contributed by atoms with van der Waals surface area (Å²) in [7, 11) is 0. The van der Waals surface area contributed by atoms with Crippen LogP contribution < -0.4 is 4.74 Å². The predicted molar refractivity (Wildman–Crippen MR) is 97.1 cm³/mol. The van der Waals surface area contributed by atoms with E-state index in [4.69, 9.17) is 15.0 Å². The average Bonchev–Trinajstić information content (AvgIpc) is 2.68. The van der Waals surface area contributed by atoms with Crippen LogP contribution in [0, 0.1) is 5.92 Å². The van der Waals surface area contributed by atoms with Crippen molar-refractivity contribution in [3.8, 4) is 5.75 Å². The zero-order valence-electron chi connectivity index (χ0n) is 18.8. The van der Waals surface area contributed by atoms with Crippen LogP contribution in [-0.2, 0) is 16.6 Å². The van der Waals surface area contributed by atoms with Gasteiger partial charge in [-0.25, -0.2) is 4.79 Å². The fourth-order valence-electron chi connectivity index (χ4n) is 5.55. The van der Waals surface area contributed by atoms with Gasteiger partial charge in [0.25, 0.3) is 0 Å². The van der Waals surface area contributed by atoms with Crippen molar-refractivity contribution < 1.29 is 19.8 Å². The molecule has 0 radical (unpaired) electrons. The SMILES string of the molecule is [2H]C([2H])C([2H])([2H])Oc1ccc2c(c1)[C@]13CCCC[C@@H]1[C@H](C2)N(C(=O)OCC)CC3. The molecule has 4 rings (SSSR count). The van der Waals surface area contributed by atoms with E-state index in [-0.39, 0.29) is 17.6 Å². The molecule has 1 aliphatic heterocycles. The topological polar surface area (TPSA) is 38.8 Å². The van der Waals surface area contributed by atoms with Gasteiger partial charge in [-0.2, -0.15) is 0 Å². The first-order chi connectivity index (χ1) is 13.8. The van der Waals surface area contributed by atoms with Crippen molar-refractivity contribution in [2.24, 2.45) is 5.92 Å². The summed E-state index contributed by atoms with van der Waals surface area (Å²) in [4.78, 5) is 14.5. The summed E-state index contributed by atoms with van der Waals surface area (Å²) in [6.45, 7) is -1.20. The van der Waals surface area contributed by atoms with Crippen molar-refractivity contribution in [1.29, 1.82) is 0 Å². The lowest BCUT2D eigenvalue weighted by molar-refractivity contribution is -0.0110. The molecule has 0 aromatic heterocycles. The van der Waals surface area contributed by atoms with Crippen LogP contribution >= 0.6 is 0 Å². The molecule has 0 spiro atoms. The quantitative estimate of drug-likeness (QED) is 0.818. The van der Waals surface area contributed by atoms with E-state index >= 15 is 0 Å². The molecule has 1 saturated carbocycles. The van der Waals surface area contributed by atoms with Crippen LogP contribution in [0.15, 0.2) is 18.2 Å². The third-order valence-corrected chi connectivity index (χ3v) is 6.49. The second-order valence-electron chi connectivity index (χ2n) is 7.46. The van der Waals surface area contributed by atoms with Gasteiger partial charge >= 0.3 is 6.09 Å². The number of benzene rings is 1. The minimum absolute atomic E-state index is 0.0209. The van der Waals surface area contributed by atoms with E-state index in [0.29, 0.717) is 24.8 Å². The standard InChI is InChI=1S/C21H29NO3/c1-3-24-16-9-8-15-13-19-17-7-5-6-10-21(17,18(15)14-16)11-12-22(19)20(23)25-4-2/h8-9,14,17,19H,3-7,10-13H2,1-2H3/t17-,19+,21+/m1/s1/i1D2,3D2. The molecule has 0 N–H and O–H groups in total. The number of piperidine rings is 1. The smallest absolute Gasteiger partial charge is 0.410 e. The summed E-state index contributed by atoms with van der Waals surface area (Å²) >= 11 is 0. The molecule has 1 aromatic carbocycles. The van der Waals surface area contributed by atoms with Crippen molar-refractivity contribution in [2.45, 2.75) is 63.8 Å². The molecule has 3 aliphatic rings. The lowest BCUT2D eigenvalue weighted by Gasteiger charge is -2.58. The monoisotopic (exact) mass is 347 g/mol. The molecule has 1 heterocycles. The maximum Gasteiger partial charge on any atom is 0.410 e. The van der Waals surface area contributed by atoms with Gasteiger partial charge < -0.3 is 14.4 Å². The van der Waals surface area contributed by atoms with Crippen molar-refractivity contribution >= 4 is 6.09 Å². The number of carbonyl (C=O) groups excluding carboxylic acids is 1. The summed E-state index contributed by atoms with van der Waals surface area (Å²) in [6, 6.07) is 5.77. The molecule has 25 heavy (non-hydrogen) atoms. The molecule has 2 fully saturated rings. The zero-order valence-corrected chi connectivity index (χ0v) is 14.8. The number of ether oxygens (including phenoxy) is 2. The zero-order chi connectivity index (χ0) is 20.8. The summed E-state index contributed by atoms with van der Waals surface area (Å²) in [6.07, 6.45) is 5.87. The van der Waals surface area contributed by atoms with Crippen molar-refractivity contribution in [3.63, 3.8) is 0 Å². The van der Waals surface area contributed by atoms with Gasteiger partial charge in [0.05, 0.1) is 15.9 Å². The third kappa shape index (κ3) is 2.61. The number of nitrogens with zero attached hydrogens (tertiary/aromatic N) is 1. The van der Waals surface area contributed by atoms with Crippen LogP contribution in [0.4, 0.5) is 4.79 Å². The van der Waals surface area contributed by atoms with Crippen LogP contribution in [0.2, 0.25) is 0 Å². The number of likely N-dealkylation sites (tertiary alicyclic amines) is 1. The van der Waals surface area contributed by atoms with Gasteiger partial charge in [0.2, 0.25) is 0 Å². The normalized spacial score (nSPS) is 33.3. The number of hydrogen-bond acceptors (Lipinski definition) is 3. The van der Waals surface area contributed by atoms with Crippen molar-refractivity contribution in [3.05, 3.63) is 29.3 Å². The Bertz CT molecular complexity index is 787. The highest BCUT2D eigenvalue weighted by molar-refractivity contribution is 5.69. The first-order valence-electron chi connectivity index (χ1n) is 11.5. The molecule has 1 saturated heterocycles. The van der Waals surface area contributed by atoms with Crippen molar-refractivity contribution in [2.75, 3.05) is 19.7 Å². The highest BCUT2D eigenvalue weighted by atomic mass is 16.6. The van der Waals surface area contributed by atoms with Crippen LogP contribution in [0.25, 0.3) is 0 Å². The third-order valence-electron chi connectivity index (χ3n) is 6.49. The fraction of sp³-hybridized carbons (Fsp3) is 0.667. The van der Waals surface area contributed by atoms with Gasteiger partial charge in [-0.15, -0.1) is 0 Å². The first-order valence-corrected chi connectivity index (χ1v) is 9.39. The summed E-state index contributed by atoms with van der Waals surface area (Å²) in [5.74, 6) is 0.747. The van der Waals surface area contributed by atoms with E-state index in [2.05, 4.69) is 0 Å². The Morgan fingerprint density at radius 1 is 1.44 bits per heavy atom. The highest BCUT2D eigenvalue weighted by Gasteiger charge is 2.55. The van der Waals surface area contributed by atoms with Crippen molar-refractivity contribution in [1.82, 2.24) is 4.90 Å². The molecular weight excluding hydrogens is 314 g/mol. The Hall–Kier alpha value is -1.71. The van der Waals surface area contributed by atoms with E-state index < -0.39 is 13.4 Å². The molecule has 2 aliphatic carbocycles. The van der Waals surface area contributed by atoms with Gasteiger partial charge in [-0.3, -0.25) is 0 Å². The summed E-state index contributed by atoms with van der Waals surface area (Å²) < 4.78 is 41.1. The summed E-state index contributed by atoms with van der Waals surface area (Å²) in [5.41, 5.74) is 2.37. The molecule has 4 nitrogen and oxygen atoms in total. The van der Waals surface area contributed by atoms with Crippen LogP contribution in [0.5, 0.6) is 5.75 Å². The number of fused-ring (bicyclic) bond motifs is 1. The number of carbonyl (C=O) groups is 1. The lowest BCUT2D eigenvalue weighted by atomic mass is 9.52. The van der Waals surface area contributed by atoms with Crippen LogP contribution in [0.1, 0.15) is 62.5 Å². The minimum Gasteiger partial charge on any atom is -0.494 e. The maximum atomic E-state index is 12.6. The largest absolute Gasteiger partial charge is 0.494 e. The average molecular weight is 347 g/mol. The van der Waals surface area contributed by atoms with Gasteiger partial charge in [0.15, 0.2) is 0 Å². The molecule has 3 atom stereocenters. The highest BCUT2D eigenvalue weighted by Crippen LogP contribution is 2.56. The minimum atomic E-state index is -2.36. The van der Waals surface area contributed by atoms with Gasteiger partial charge in [-0.05, 0) is 68.7 Å². The van der Waals surface area contributed by atoms with Crippen LogP contribution in [0.3, 0.4) is 0 Å². The lowest BCUT2D eigenvalue weighted by Crippen LogP contribution is -2.62. The van der Waals surface area contributed by atoms with E-state index in [9.17, 15) is 4.79 Å². The van der Waals surface area contributed by atoms with E-state index in [0.717, 1.165) is 38.5 Å². The Labute approximate surface area is 156 Å². The molecule has 4 heteroatoms. The molecule has 1 amide bonds.